The molecule has 0 saturated heterocycles. The van der Waals surface area contributed by atoms with Gasteiger partial charge in [0.05, 0.1) is 31.2 Å². The van der Waals surface area contributed by atoms with Crippen LogP contribution in [0.25, 0.3) is 0 Å². The maximum Gasteiger partial charge on any atom is 0.310 e. The van der Waals surface area contributed by atoms with Gasteiger partial charge in [0.2, 0.25) is 0 Å². The Balaban J connectivity index is 1.95. The molecule has 0 saturated carbocycles. The summed E-state index contributed by atoms with van der Waals surface area (Å²) in [5, 5.41) is 11.3. The SMILES string of the molecule is COC/C=C\C=C/C[C@@H]1Cc2cc(Cl)ccc2N(CC(C)(C)CO)C(=O)[C@@H](Cc2ncc(CC(=O)OC)s2)O1. The van der Waals surface area contributed by atoms with Crippen LogP contribution in [0.5, 0.6) is 0 Å². The molecule has 3 rings (SSSR count). The van der Waals surface area contributed by atoms with Crippen LogP contribution in [0, 0.1) is 5.41 Å². The lowest BCUT2D eigenvalue weighted by Crippen LogP contribution is -2.49. The van der Waals surface area contributed by atoms with Crippen molar-refractivity contribution < 1.29 is 28.9 Å². The summed E-state index contributed by atoms with van der Waals surface area (Å²) in [6, 6.07) is 5.52. The second kappa shape index (κ2) is 14.7. The third-order valence-electron chi connectivity index (χ3n) is 6.25. The Bertz CT molecular complexity index is 1180. The van der Waals surface area contributed by atoms with Crippen molar-refractivity contribution >= 4 is 40.5 Å². The van der Waals surface area contributed by atoms with Crippen molar-refractivity contribution in [1.82, 2.24) is 4.98 Å². The van der Waals surface area contributed by atoms with Crippen LogP contribution in [0.15, 0.2) is 48.7 Å². The standard InChI is InChI=1S/C29H37ClN2O6S/c1-29(2,19-33)18-32-24-11-10-21(30)13-20(24)14-22(9-7-5-6-8-12-36-3)38-25(28(32)35)16-26-31-17-23(39-26)15-27(34)37-4/h5-8,10-11,13,17,22,25,33H,9,12,14-16,18-19H2,1-4H3/b7-5-,8-6-/t22-,25-/m1/s1. The zero-order valence-electron chi connectivity index (χ0n) is 22.9. The Morgan fingerprint density at radius 2 is 2.08 bits per heavy atom. The minimum Gasteiger partial charge on any atom is -0.469 e. The van der Waals surface area contributed by atoms with Crippen LogP contribution in [-0.4, -0.2) is 68.2 Å². The first kappa shape index (κ1) is 31.0. The number of hydrogen-bond donors (Lipinski definition) is 1. The number of ether oxygens (including phenoxy) is 3. The van der Waals surface area contributed by atoms with Gasteiger partial charge in [-0.15, -0.1) is 11.3 Å². The third kappa shape index (κ3) is 9.25. The quantitative estimate of drug-likeness (QED) is 0.292. The van der Waals surface area contributed by atoms with E-state index >= 15 is 0 Å². The first-order valence-corrected chi connectivity index (χ1v) is 14.0. The molecule has 212 valence electrons. The Hall–Kier alpha value is -2.56. The number of carbonyl (C=O) groups is 2. The maximum atomic E-state index is 14.1. The first-order valence-electron chi connectivity index (χ1n) is 12.8. The number of aromatic nitrogens is 1. The fraction of sp³-hybridized carbons (Fsp3) is 0.483. The van der Waals surface area contributed by atoms with Gasteiger partial charge in [0, 0.05) is 60.3 Å². The number of benzene rings is 1. The monoisotopic (exact) mass is 576 g/mol. The molecular formula is C29H37ClN2O6S. The predicted molar refractivity (Wildman–Crippen MR) is 153 cm³/mol. The molecule has 0 fully saturated rings. The Morgan fingerprint density at radius 1 is 1.31 bits per heavy atom. The molecule has 2 heterocycles. The van der Waals surface area contributed by atoms with Gasteiger partial charge in [-0.1, -0.05) is 49.8 Å². The summed E-state index contributed by atoms with van der Waals surface area (Å²) in [7, 11) is 2.99. The number of methoxy groups -OCH3 is 2. The molecule has 1 amide bonds. The number of nitrogens with zero attached hydrogens (tertiary/aromatic N) is 2. The molecule has 10 heteroatoms. The summed E-state index contributed by atoms with van der Waals surface area (Å²) < 4.78 is 16.3. The van der Waals surface area contributed by atoms with Gasteiger partial charge in [-0.2, -0.15) is 0 Å². The summed E-state index contributed by atoms with van der Waals surface area (Å²) in [5.41, 5.74) is 1.13. The van der Waals surface area contributed by atoms with Gasteiger partial charge in [-0.25, -0.2) is 4.98 Å². The van der Waals surface area contributed by atoms with E-state index < -0.39 is 11.5 Å². The molecular weight excluding hydrogens is 540 g/mol. The number of aliphatic hydroxyl groups is 1. The molecule has 0 spiro atoms. The fourth-order valence-corrected chi connectivity index (χ4v) is 5.34. The van der Waals surface area contributed by atoms with Crippen molar-refractivity contribution in [2.24, 2.45) is 5.41 Å². The highest BCUT2D eigenvalue weighted by Gasteiger charge is 2.36. The summed E-state index contributed by atoms with van der Waals surface area (Å²) >= 11 is 7.73. The van der Waals surface area contributed by atoms with Crippen LogP contribution >= 0.6 is 22.9 Å². The van der Waals surface area contributed by atoms with Crippen molar-refractivity contribution in [2.45, 2.75) is 51.7 Å². The Morgan fingerprint density at radius 3 is 2.79 bits per heavy atom. The van der Waals surface area contributed by atoms with Crippen LogP contribution in [0.2, 0.25) is 5.02 Å². The van der Waals surface area contributed by atoms with Crippen molar-refractivity contribution in [3.8, 4) is 0 Å². The second-order valence-corrected chi connectivity index (χ2v) is 11.8. The van der Waals surface area contributed by atoms with Crippen molar-refractivity contribution in [2.75, 3.05) is 38.9 Å². The van der Waals surface area contributed by atoms with Crippen molar-refractivity contribution in [3.05, 3.63) is 69.2 Å². The number of rotatable bonds is 12. The summed E-state index contributed by atoms with van der Waals surface area (Å²) in [6.45, 7) is 4.57. The number of hydrogen-bond acceptors (Lipinski definition) is 8. The summed E-state index contributed by atoms with van der Waals surface area (Å²) in [6.07, 6.45) is 9.84. The van der Waals surface area contributed by atoms with Gasteiger partial charge in [0.25, 0.3) is 5.91 Å². The normalized spacial score (nSPS) is 18.4. The van der Waals surface area contributed by atoms with E-state index in [0.29, 0.717) is 36.0 Å². The number of fused-ring (bicyclic) bond motifs is 1. The van der Waals surface area contributed by atoms with Crippen LogP contribution in [0.1, 0.15) is 35.7 Å². The molecule has 1 aliphatic rings. The largest absolute Gasteiger partial charge is 0.469 e. The van der Waals surface area contributed by atoms with Crippen LogP contribution < -0.4 is 4.90 Å². The molecule has 1 aromatic carbocycles. The summed E-state index contributed by atoms with van der Waals surface area (Å²) in [4.78, 5) is 32.7. The van der Waals surface area contributed by atoms with Gasteiger partial charge in [-0.05, 0) is 30.2 Å². The third-order valence-corrected chi connectivity index (χ3v) is 7.50. The van der Waals surface area contributed by atoms with Crippen LogP contribution in [0.4, 0.5) is 5.69 Å². The van der Waals surface area contributed by atoms with E-state index in [0.717, 1.165) is 16.1 Å². The number of halogens is 1. The highest BCUT2D eigenvalue weighted by Crippen LogP contribution is 2.33. The first-order chi connectivity index (χ1) is 18.7. The molecule has 0 radical (unpaired) electrons. The molecule has 39 heavy (non-hydrogen) atoms. The van der Waals surface area contributed by atoms with E-state index in [4.69, 9.17) is 25.8 Å². The molecule has 2 aromatic rings. The smallest absolute Gasteiger partial charge is 0.310 e. The second-order valence-electron chi connectivity index (χ2n) is 10.2. The zero-order valence-corrected chi connectivity index (χ0v) is 24.5. The Kier molecular flexibility index (Phi) is 11.7. The molecule has 1 aromatic heterocycles. The number of amides is 1. The number of aliphatic hydroxyl groups excluding tert-OH is 1. The number of anilines is 1. The average Bonchev–Trinajstić information content (AvgIpc) is 3.34. The maximum absolute atomic E-state index is 14.1. The van der Waals surface area contributed by atoms with Crippen molar-refractivity contribution in [1.29, 1.82) is 0 Å². The highest BCUT2D eigenvalue weighted by molar-refractivity contribution is 7.11. The van der Waals surface area contributed by atoms with Gasteiger partial charge >= 0.3 is 5.97 Å². The summed E-state index contributed by atoms with van der Waals surface area (Å²) in [5.74, 6) is -0.555. The minimum absolute atomic E-state index is 0.0847. The van der Waals surface area contributed by atoms with E-state index in [1.165, 1.54) is 18.4 Å². The van der Waals surface area contributed by atoms with Gasteiger partial charge in [-0.3, -0.25) is 9.59 Å². The van der Waals surface area contributed by atoms with E-state index in [-0.39, 0.29) is 37.4 Å². The molecule has 0 aliphatic carbocycles. The van der Waals surface area contributed by atoms with Gasteiger partial charge in [0.1, 0.15) is 6.10 Å². The molecule has 0 bridgehead atoms. The minimum atomic E-state index is -0.803. The van der Waals surface area contributed by atoms with Crippen molar-refractivity contribution in [3.63, 3.8) is 0 Å². The lowest BCUT2D eigenvalue weighted by Gasteiger charge is -2.38. The number of carbonyl (C=O) groups excluding carboxylic acids is 2. The fourth-order valence-electron chi connectivity index (χ4n) is 4.21. The van der Waals surface area contributed by atoms with E-state index in [2.05, 4.69) is 4.98 Å². The number of thiazole rings is 1. The van der Waals surface area contributed by atoms with Crippen LogP contribution in [0.3, 0.4) is 0 Å². The molecule has 1 aliphatic heterocycles. The predicted octanol–water partition coefficient (Wildman–Crippen LogP) is 4.57. The molecule has 2 atom stereocenters. The van der Waals surface area contributed by atoms with Gasteiger partial charge in [0.15, 0.2) is 0 Å². The van der Waals surface area contributed by atoms with E-state index in [1.54, 1.807) is 24.3 Å². The van der Waals surface area contributed by atoms with E-state index in [9.17, 15) is 14.7 Å². The Labute approximate surface area is 239 Å². The molecule has 1 N–H and O–H groups in total. The topological polar surface area (TPSA) is 98.2 Å². The number of esters is 1. The van der Waals surface area contributed by atoms with Crippen LogP contribution in [-0.2, 0) is 43.1 Å². The molecule has 8 nitrogen and oxygen atoms in total. The zero-order chi connectivity index (χ0) is 28.4. The molecule has 0 unspecified atom stereocenters. The van der Waals surface area contributed by atoms with E-state index in [1.807, 2.05) is 50.3 Å². The lowest BCUT2D eigenvalue weighted by molar-refractivity contribution is -0.139. The average molecular weight is 577 g/mol. The highest BCUT2D eigenvalue weighted by atomic mass is 35.5. The number of allylic oxidation sites excluding steroid dienone is 2. The lowest BCUT2D eigenvalue weighted by atomic mass is 9.92. The van der Waals surface area contributed by atoms with Gasteiger partial charge < -0.3 is 24.2 Å².